The number of rotatable bonds is 2. The van der Waals surface area contributed by atoms with Gasteiger partial charge in [0.1, 0.15) is 0 Å². The molecule has 0 fully saturated rings. The highest BCUT2D eigenvalue weighted by atomic mass is 35.5. The average molecular weight is 274 g/mol. The van der Waals surface area contributed by atoms with Crippen molar-refractivity contribution in [2.75, 3.05) is 0 Å². The van der Waals surface area contributed by atoms with E-state index >= 15 is 0 Å². The molecular weight excluding hydrogens is 262 g/mol. The van der Waals surface area contributed by atoms with Crippen molar-refractivity contribution in [1.29, 1.82) is 0 Å². The maximum Gasteiger partial charge on any atom is 0.417 e. The first-order valence-electron chi connectivity index (χ1n) is 5.97. The van der Waals surface area contributed by atoms with E-state index in [4.69, 9.17) is 16.0 Å². The standard InChI is InChI=1S/C15H12ClNO2/c1-9-4-2-3-5-11(9)14(16)10-6-7-12-13(8-10)19-15(18)17-12/h2-8,14H,1H3,(H,17,18). The van der Waals surface area contributed by atoms with E-state index in [9.17, 15) is 4.79 Å². The smallest absolute Gasteiger partial charge is 0.408 e. The maximum absolute atomic E-state index is 11.1. The van der Waals surface area contributed by atoms with Gasteiger partial charge in [0.05, 0.1) is 10.9 Å². The molecular formula is C15H12ClNO2. The van der Waals surface area contributed by atoms with Gasteiger partial charge in [-0.2, -0.15) is 0 Å². The van der Waals surface area contributed by atoms with Gasteiger partial charge in [0.15, 0.2) is 5.58 Å². The molecule has 2 aromatic carbocycles. The number of oxazole rings is 1. The third-order valence-corrected chi connectivity index (χ3v) is 3.69. The summed E-state index contributed by atoms with van der Waals surface area (Å²) in [4.78, 5) is 13.7. The van der Waals surface area contributed by atoms with Crippen LogP contribution in [0.3, 0.4) is 0 Å². The van der Waals surface area contributed by atoms with E-state index in [1.807, 2.05) is 43.3 Å². The molecule has 0 aliphatic heterocycles. The molecule has 0 aliphatic rings. The summed E-state index contributed by atoms with van der Waals surface area (Å²) < 4.78 is 5.06. The number of aryl methyl sites for hydroxylation is 1. The van der Waals surface area contributed by atoms with E-state index in [1.165, 1.54) is 0 Å². The van der Waals surface area contributed by atoms with Gasteiger partial charge in [-0.05, 0) is 35.7 Å². The van der Waals surface area contributed by atoms with Crippen LogP contribution in [-0.4, -0.2) is 4.98 Å². The molecule has 0 saturated carbocycles. The van der Waals surface area contributed by atoms with Crippen LogP contribution in [0.1, 0.15) is 22.1 Å². The lowest BCUT2D eigenvalue weighted by molar-refractivity contribution is 0.555. The predicted octanol–water partition coefficient (Wildman–Crippen LogP) is 3.76. The lowest BCUT2D eigenvalue weighted by atomic mass is 10.00. The second-order valence-corrected chi connectivity index (χ2v) is 4.93. The van der Waals surface area contributed by atoms with Gasteiger partial charge in [-0.25, -0.2) is 4.79 Å². The Kier molecular flexibility index (Phi) is 2.91. The van der Waals surface area contributed by atoms with Crippen molar-refractivity contribution in [3.8, 4) is 0 Å². The van der Waals surface area contributed by atoms with Crippen molar-refractivity contribution in [2.45, 2.75) is 12.3 Å². The van der Waals surface area contributed by atoms with Gasteiger partial charge in [0.2, 0.25) is 0 Å². The van der Waals surface area contributed by atoms with E-state index in [2.05, 4.69) is 4.98 Å². The normalized spacial score (nSPS) is 12.7. The second kappa shape index (κ2) is 4.59. The molecule has 1 N–H and O–H groups in total. The number of nitrogens with one attached hydrogen (secondary N) is 1. The summed E-state index contributed by atoms with van der Waals surface area (Å²) in [6, 6.07) is 13.5. The van der Waals surface area contributed by atoms with Crippen molar-refractivity contribution in [3.05, 3.63) is 69.7 Å². The van der Waals surface area contributed by atoms with Gasteiger partial charge in [0.25, 0.3) is 0 Å². The number of hydrogen-bond acceptors (Lipinski definition) is 2. The number of aromatic amines is 1. The van der Waals surface area contributed by atoms with Gasteiger partial charge in [-0.3, -0.25) is 4.98 Å². The van der Waals surface area contributed by atoms with Crippen molar-refractivity contribution in [3.63, 3.8) is 0 Å². The van der Waals surface area contributed by atoms with Crippen LogP contribution in [0.25, 0.3) is 11.1 Å². The second-order valence-electron chi connectivity index (χ2n) is 4.49. The van der Waals surface area contributed by atoms with Crippen molar-refractivity contribution >= 4 is 22.7 Å². The van der Waals surface area contributed by atoms with Crippen LogP contribution < -0.4 is 5.76 Å². The topological polar surface area (TPSA) is 46.0 Å². The van der Waals surface area contributed by atoms with Crippen LogP contribution in [0.2, 0.25) is 0 Å². The maximum atomic E-state index is 11.1. The zero-order valence-electron chi connectivity index (χ0n) is 10.3. The average Bonchev–Trinajstić information content (AvgIpc) is 2.77. The van der Waals surface area contributed by atoms with Gasteiger partial charge >= 0.3 is 5.76 Å². The minimum Gasteiger partial charge on any atom is -0.408 e. The minimum atomic E-state index is -0.450. The third kappa shape index (κ3) is 2.17. The van der Waals surface area contributed by atoms with E-state index in [-0.39, 0.29) is 5.38 Å². The summed E-state index contributed by atoms with van der Waals surface area (Å²) in [5.74, 6) is -0.450. The fourth-order valence-electron chi connectivity index (χ4n) is 2.17. The van der Waals surface area contributed by atoms with Crippen LogP contribution in [0.15, 0.2) is 51.7 Å². The Hall–Kier alpha value is -2.00. The predicted molar refractivity (Wildman–Crippen MR) is 75.7 cm³/mol. The molecule has 3 rings (SSSR count). The Labute approximate surface area is 114 Å². The van der Waals surface area contributed by atoms with Crippen LogP contribution in [-0.2, 0) is 0 Å². The quantitative estimate of drug-likeness (QED) is 0.723. The highest BCUT2D eigenvalue weighted by molar-refractivity contribution is 6.22. The Morgan fingerprint density at radius 2 is 2.00 bits per heavy atom. The number of halogens is 1. The molecule has 1 unspecified atom stereocenters. The molecule has 3 aromatic rings. The summed E-state index contributed by atoms with van der Waals surface area (Å²) in [7, 11) is 0. The van der Waals surface area contributed by atoms with Crippen LogP contribution in [0.5, 0.6) is 0 Å². The summed E-state index contributed by atoms with van der Waals surface area (Å²) in [6.07, 6.45) is 0. The minimum absolute atomic E-state index is 0.259. The Morgan fingerprint density at radius 1 is 1.21 bits per heavy atom. The highest BCUT2D eigenvalue weighted by Crippen LogP contribution is 2.32. The molecule has 19 heavy (non-hydrogen) atoms. The first-order valence-corrected chi connectivity index (χ1v) is 6.41. The first kappa shape index (κ1) is 12.1. The van der Waals surface area contributed by atoms with Gasteiger partial charge < -0.3 is 4.42 Å². The Bertz CT molecular complexity index is 788. The van der Waals surface area contributed by atoms with Crippen molar-refractivity contribution in [1.82, 2.24) is 4.98 Å². The molecule has 1 heterocycles. The molecule has 96 valence electrons. The zero-order valence-corrected chi connectivity index (χ0v) is 11.1. The molecule has 0 amide bonds. The molecule has 0 saturated heterocycles. The fourth-order valence-corrected chi connectivity index (χ4v) is 2.55. The number of hydrogen-bond donors (Lipinski definition) is 1. The summed E-state index contributed by atoms with van der Waals surface area (Å²) in [5.41, 5.74) is 4.31. The lowest BCUT2D eigenvalue weighted by Crippen LogP contribution is -1.95. The number of H-pyrrole nitrogens is 1. The van der Waals surface area contributed by atoms with Crippen molar-refractivity contribution in [2.24, 2.45) is 0 Å². The lowest BCUT2D eigenvalue weighted by Gasteiger charge is -2.12. The zero-order chi connectivity index (χ0) is 13.4. The van der Waals surface area contributed by atoms with Crippen molar-refractivity contribution < 1.29 is 4.42 Å². The molecule has 0 radical (unpaired) electrons. The van der Waals surface area contributed by atoms with Crippen LogP contribution in [0, 0.1) is 6.92 Å². The largest absolute Gasteiger partial charge is 0.417 e. The summed E-state index contributed by atoms with van der Waals surface area (Å²) in [6.45, 7) is 2.03. The summed E-state index contributed by atoms with van der Waals surface area (Å²) in [5, 5.41) is -0.259. The number of benzene rings is 2. The SMILES string of the molecule is Cc1ccccc1C(Cl)c1ccc2[nH]c(=O)oc2c1. The summed E-state index contributed by atoms with van der Waals surface area (Å²) >= 11 is 6.51. The molecule has 3 nitrogen and oxygen atoms in total. The molecule has 1 aromatic heterocycles. The molecule has 0 spiro atoms. The van der Waals surface area contributed by atoms with Gasteiger partial charge in [-0.1, -0.05) is 30.3 Å². The van der Waals surface area contributed by atoms with Gasteiger partial charge in [-0.15, -0.1) is 11.6 Å². The van der Waals surface area contributed by atoms with Crippen LogP contribution >= 0.6 is 11.6 Å². The van der Waals surface area contributed by atoms with Gasteiger partial charge in [0, 0.05) is 0 Å². The number of fused-ring (bicyclic) bond motifs is 1. The Balaban J connectivity index is 2.08. The molecule has 0 aliphatic carbocycles. The third-order valence-electron chi connectivity index (χ3n) is 3.20. The molecule has 1 atom stereocenters. The fraction of sp³-hybridized carbons (Fsp3) is 0.133. The van der Waals surface area contributed by atoms with E-state index < -0.39 is 5.76 Å². The monoisotopic (exact) mass is 273 g/mol. The number of alkyl halides is 1. The van der Waals surface area contributed by atoms with E-state index in [1.54, 1.807) is 6.07 Å². The highest BCUT2D eigenvalue weighted by Gasteiger charge is 2.14. The number of aromatic nitrogens is 1. The molecule has 4 heteroatoms. The van der Waals surface area contributed by atoms with E-state index in [0.717, 1.165) is 16.7 Å². The van der Waals surface area contributed by atoms with E-state index in [0.29, 0.717) is 11.1 Å². The molecule has 0 bridgehead atoms. The van der Waals surface area contributed by atoms with Crippen LogP contribution in [0.4, 0.5) is 0 Å². The first-order chi connectivity index (χ1) is 9.15. The Morgan fingerprint density at radius 3 is 2.79 bits per heavy atom.